The Bertz CT molecular complexity index is 698. The summed E-state index contributed by atoms with van der Waals surface area (Å²) in [6.07, 6.45) is 0. The Kier molecular flexibility index (Phi) is 6.14. The van der Waals surface area contributed by atoms with Crippen LogP contribution in [0, 0.1) is 13.8 Å². The second kappa shape index (κ2) is 8.11. The molecule has 0 fully saturated rings. The van der Waals surface area contributed by atoms with Gasteiger partial charge >= 0.3 is 0 Å². The Morgan fingerprint density at radius 3 is 2.28 bits per heavy atom. The van der Waals surface area contributed by atoms with E-state index in [0.717, 1.165) is 12.3 Å². The van der Waals surface area contributed by atoms with E-state index in [9.17, 15) is 0 Å². The summed E-state index contributed by atoms with van der Waals surface area (Å²) in [5.41, 5.74) is 8.21. The molecule has 1 aromatic carbocycles. The highest BCUT2D eigenvalue weighted by molar-refractivity contribution is 5.33. The van der Waals surface area contributed by atoms with Crippen LogP contribution in [-0.4, -0.2) is 54.1 Å². The second-order valence-electron chi connectivity index (χ2n) is 6.57. The van der Waals surface area contributed by atoms with Crippen molar-refractivity contribution in [2.45, 2.75) is 26.8 Å². The van der Waals surface area contributed by atoms with Gasteiger partial charge in [0.15, 0.2) is 5.82 Å². The highest BCUT2D eigenvalue weighted by Crippen LogP contribution is 2.19. The molecule has 0 bridgehead atoms. The lowest BCUT2D eigenvalue weighted by Gasteiger charge is -2.24. The minimum atomic E-state index is 0.00634. The molecule has 0 amide bonds. The van der Waals surface area contributed by atoms with Crippen LogP contribution in [0.1, 0.15) is 29.9 Å². The van der Waals surface area contributed by atoms with Crippen molar-refractivity contribution in [1.29, 1.82) is 0 Å². The van der Waals surface area contributed by atoms with Gasteiger partial charge in [-0.15, -0.1) is 0 Å². The topological polar surface area (TPSA) is 80.4 Å². The maximum Gasteiger partial charge on any atom is 0.229 e. The van der Waals surface area contributed by atoms with Crippen molar-refractivity contribution in [3.05, 3.63) is 35.2 Å². The lowest BCUT2D eigenvalue weighted by atomic mass is 10.1. The molecule has 1 heterocycles. The first-order valence-electron chi connectivity index (χ1n) is 8.36. The van der Waals surface area contributed by atoms with Crippen molar-refractivity contribution < 1.29 is 4.74 Å². The molecule has 2 aromatic rings. The minimum absolute atomic E-state index is 0.00634. The number of likely N-dealkylation sites (N-methyl/N-ethyl adjacent to an activating group) is 1. The van der Waals surface area contributed by atoms with Crippen molar-refractivity contribution in [2.24, 2.45) is 0 Å². The van der Waals surface area contributed by atoms with Crippen LogP contribution in [-0.2, 0) is 0 Å². The third-order valence-electron chi connectivity index (χ3n) is 4.00. The third-order valence-corrected chi connectivity index (χ3v) is 4.00. The summed E-state index contributed by atoms with van der Waals surface area (Å²) in [6.45, 7) is 7.52. The lowest BCUT2D eigenvalue weighted by Crippen LogP contribution is -2.29. The molecule has 1 aromatic heterocycles. The standard InChI is InChI=1S/C18H28N6O/c1-12-9-13(2)11-15(10-12)25-8-7-24(6)14(3)16-20-17(19)22-18(21-16)23(4)5/h9-11,14H,7-8H2,1-6H3,(H2,19,20,21,22). The fraction of sp³-hybridized carbons (Fsp3) is 0.500. The molecule has 7 nitrogen and oxygen atoms in total. The van der Waals surface area contributed by atoms with E-state index >= 15 is 0 Å². The van der Waals surface area contributed by atoms with Crippen molar-refractivity contribution in [2.75, 3.05) is 44.9 Å². The predicted octanol–water partition coefficient (Wildman–Crippen LogP) is 2.21. The Balaban J connectivity index is 1.97. The van der Waals surface area contributed by atoms with Crippen LogP contribution in [0.15, 0.2) is 18.2 Å². The van der Waals surface area contributed by atoms with Crippen LogP contribution in [0.25, 0.3) is 0 Å². The number of nitrogen functional groups attached to an aromatic ring is 1. The van der Waals surface area contributed by atoms with Gasteiger partial charge in [0.05, 0.1) is 6.04 Å². The number of ether oxygens (including phenoxy) is 1. The molecule has 7 heteroatoms. The second-order valence-corrected chi connectivity index (χ2v) is 6.57. The molecular formula is C18H28N6O. The smallest absolute Gasteiger partial charge is 0.229 e. The fourth-order valence-corrected chi connectivity index (χ4v) is 2.50. The van der Waals surface area contributed by atoms with Crippen molar-refractivity contribution in [3.63, 3.8) is 0 Å². The number of hydrogen-bond acceptors (Lipinski definition) is 7. The van der Waals surface area contributed by atoms with E-state index in [4.69, 9.17) is 10.5 Å². The molecule has 2 rings (SSSR count). The molecule has 1 unspecified atom stereocenters. The molecule has 0 radical (unpaired) electrons. The normalized spacial score (nSPS) is 12.3. The van der Waals surface area contributed by atoms with Gasteiger partial charge in [0.25, 0.3) is 0 Å². The first-order valence-corrected chi connectivity index (χ1v) is 8.36. The first-order chi connectivity index (χ1) is 11.8. The van der Waals surface area contributed by atoms with Crippen LogP contribution in [0.4, 0.5) is 11.9 Å². The highest BCUT2D eigenvalue weighted by atomic mass is 16.5. The van der Waals surface area contributed by atoms with Gasteiger partial charge in [-0.2, -0.15) is 15.0 Å². The largest absolute Gasteiger partial charge is 0.492 e. The van der Waals surface area contributed by atoms with Gasteiger partial charge in [0, 0.05) is 20.6 Å². The quantitative estimate of drug-likeness (QED) is 0.825. The van der Waals surface area contributed by atoms with Gasteiger partial charge in [-0.1, -0.05) is 6.07 Å². The summed E-state index contributed by atoms with van der Waals surface area (Å²) in [5.74, 6) is 2.36. The molecule has 0 aliphatic carbocycles. The van der Waals surface area contributed by atoms with Crippen molar-refractivity contribution in [3.8, 4) is 5.75 Å². The number of nitrogens with two attached hydrogens (primary N) is 1. The SMILES string of the molecule is Cc1cc(C)cc(OCCN(C)C(C)c2nc(N)nc(N(C)C)n2)c1. The van der Waals surface area contributed by atoms with Crippen LogP contribution in [0.2, 0.25) is 0 Å². The summed E-state index contributed by atoms with van der Waals surface area (Å²) >= 11 is 0. The molecule has 2 N–H and O–H groups in total. The van der Waals surface area contributed by atoms with E-state index in [2.05, 4.69) is 39.8 Å². The summed E-state index contributed by atoms with van der Waals surface area (Å²) in [4.78, 5) is 16.8. The monoisotopic (exact) mass is 344 g/mol. The maximum atomic E-state index is 5.88. The maximum absolute atomic E-state index is 5.88. The summed E-state index contributed by atoms with van der Waals surface area (Å²) in [7, 11) is 5.78. The van der Waals surface area contributed by atoms with Crippen LogP contribution < -0.4 is 15.4 Å². The predicted molar refractivity (Wildman–Crippen MR) is 101 cm³/mol. The third kappa shape index (κ3) is 5.29. The van der Waals surface area contributed by atoms with Gasteiger partial charge in [0.1, 0.15) is 12.4 Å². The molecule has 0 spiro atoms. The van der Waals surface area contributed by atoms with E-state index in [1.807, 2.05) is 45.1 Å². The van der Waals surface area contributed by atoms with Gasteiger partial charge in [-0.25, -0.2) is 0 Å². The summed E-state index contributed by atoms with van der Waals surface area (Å²) in [5, 5.41) is 0. The number of hydrogen-bond donors (Lipinski definition) is 1. The van der Waals surface area contributed by atoms with E-state index < -0.39 is 0 Å². The highest BCUT2D eigenvalue weighted by Gasteiger charge is 2.17. The van der Waals surface area contributed by atoms with E-state index in [-0.39, 0.29) is 12.0 Å². The number of nitrogens with zero attached hydrogens (tertiary/aromatic N) is 5. The number of rotatable bonds is 7. The Labute approximate surface area is 149 Å². The first kappa shape index (κ1) is 18.9. The summed E-state index contributed by atoms with van der Waals surface area (Å²) in [6, 6.07) is 6.24. The van der Waals surface area contributed by atoms with E-state index in [1.54, 1.807) is 0 Å². The van der Waals surface area contributed by atoms with E-state index in [0.29, 0.717) is 18.4 Å². The lowest BCUT2D eigenvalue weighted by molar-refractivity contribution is 0.196. The number of anilines is 2. The zero-order chi connectivity index (χ0) is 18.6. The average molecular weight is 344 g/mol. The Morgan fingerprint density at radius 1 is 1.04 bits per heavy atom. The van der Waals surface area contributed by atoms with Gasteiger partial charge < -0.3 is 15.4 Å². The van der Waals surface area contributed by atoms with Gasteiger partial charge in [-0.3, -0.25) is 4.90 Å². The number of aryl methyl sites for hydroxylation is 2. The van der Waals surface area contributed by atoms with Crippen LogP contribution >= 0.6 is 0 Å². The number of aromatic nitrogens is 3. The molecule has 0 saturated heterocycles. The Morgan fingerprint density at radius 2 is 1.68 bits per heavy atom. The molecule has 0 aliphatic rings. The van der Waals surface area contributed by atoms with E-state index in [1.165, 1.54) is 11.1 Å². The average Bonchev–Trinajstić information content (AvgIpc) is 2.52. The van der Waals surface area contributed by atoms with Gasteiger partial charge in [-0.05, 0) is 51.1 Å². The fourth-order valence-electron chi connectivity index (χ4n) is 2.50. The van der Waals surface area contributed by atoms with Crippen molar-refractivity contribution in [1.82, 2.24) is 19.9 Å². The van der Waals surface area contributed by atoms with Crippen LogP contribution in [0.3, 0.4) is 0 Å². The number of benzene rings is 1. The molecular weight excluding hydrogens is 316 g/mol. The molecule has 0 saturated carbocycles. The molecule has 1 atom stereocenters. The molecule has 0 aliphatic heterocycles. The molecule has 25 heavy (non-hydrogen) atoms. The zero-order valence-corrected chi connectivity index (χ0v) is 15.9. The van der Waals surface area contributed by atoms with Gasteiger partial charge in [0.2, 0.25) is 11.9 Å². The Hall–Kier alpha value is -2.41. The van der Waals surface area contributed by atoms with Crippen LogP contribution in [0.5, 0.6) is 5.75 Å². The minimum Gasteiger partial charge on any atom is -0.492 e. The van der Waals surface area contributed by atoms with Crippen molar-refractivity contribution >= 4 is 11.9 Å². The molecule has 136 valence electrons. The summed E-state index contributed by atoms with van der Waals surface area (Å²) < 4.78 is 5.88. The zero-order valence-electron chi connectivity index (χ0n) is 15.9.